The highest BCUT2D eigenvalue weighted by Gasteiger charge is 2.26. The predicted molar refractivity (Wildman–Crippen MR) is 67.7 cm³/mol. The summed E-state index contributed by atoms with van der Waals surface area (Å²) in [7, 11) is 0. The van der Waals surface area contributed by atoms with E-state index in [1.165, 1.54) is 6.42 Å². The Labute approximate surface area is 105 Å². The van der Waals surface area contributed by atoms with Gasteiger partial charge in [0.05, 0.1) is 6.10 Å². The smallest absolute Gasteiger partial charge is 0.125 e. The molecular formula is C13H17BrO2. The van der Waals surface area contributed by atoms with Gasteiger partial charge in [-0.3, -0.25) is 0 Å². The molecule has 0 bridgehead atoms. The maximum absolute atomic E-state index is 10.1. The molecule has 1 unspecified atom stereocenters. The molecule has 2 atom stereocenters. The van der Waals surface area contributed by atoms with E-state index in [4.69, 9.17) is 4.74 Å². The van der Waals surface area contributed by atoms with Crippen LogP contribution in [-0.2, 0) is 0 Å². The Morgan fingerprint density at radius 3 is 3.06 bits per heavy atom. The Balaban J connectivity index is 2.13. The summed E-state index contributed by atoms with van der Waals surface area (Å²) >= 11 is 3.41. The lowest BCUT2D eigenvalue weighted by molar-refractivity contribution is 0.0607. The second kappa shape index (κ2) is 5.19. The highest BCUT2D eigenvalue weighted by Crippen LogP contribution is 2.37. The number of hydrogen-bond donors (Lipinski definition) is 1. The molecule has 1 aromatic rings. The van der Waals surface area contributed by atoms with E-state index < -0.39 is 0 Å². The average molecular weight is 285 g/mol. The van der Waals surface area contributed by atoms with Crippen LogP contribution in [0.3, 0.4) is 0 Å². The van der Waals surface area contributed by atoms with Crippen molar-refractivity contribution in [1.82, 2.24) is 0 Å². The number of halogens is 1. The molecule has 0 aliphatic carbocycles. The molecule has 0 amide bonds. The molecule has 0 fully saturated rings. The molecular weight excluding hydrogens is 268 g/mol. The van der Waals surface area contributed by atoms with Crippen molar-refractivity contribution >= 4 is 15.9 Å². The van der Waals surface area contributed by atoms with Crippen LogP contribution >= 0.6 is 15.9 Å². The van der Waals surface area contributed by atoms with Crippen LogP contribution in [0.1, 0.15) is 44.3 Å². The Hall–Kier alpha value is -0.540. The molecule has 0 saturated heterocycles. The fourth-order valence-electron chi connectivity index (χ4n) is 2.10. The van der Waals surface area contributed by atoms with Crippen LogP contribution in [0.15, 0.2) is 22.7 Å². The van der Waals surface area contributed by atoms with Crippen molar-refractivity contribution in [2.75, 3.05) is 0 Å². The summed E-state index contributed by atoms with van der Waals surface area (Å²) in [5.74, 6) is 0.836. The van der Waals surface area contributed by atoms with Crippen molar-refractivity contribution in [3.05, 3.63) is 28.2 Å². The molecule has 1 aromatic carbocycles. The molecule has 1 heterocycles. The van der Waals surface area contributed by atoms with Gasteiger partial charge in [-0.1, -0.05) is 35.7 Å². The highest BCUT2D eigenvalue weighted by molar-refractivity contribution is 9.10. The van der Waals surface area contributed by atoms with Crippen LogP contribution in [0.4, 0.5) is 0 Å². The van der Waals surface area contributed by atoms with Crippen molar-refractivity contribution in [2.24, 2.45) is 0 Å². The quantitative estimate of drug-likeness (QED) is 0.914. The number of benzene rings is 1. The third-order valence-electron chi connectivity index (χ3n) is 2.99. The second-order valence-corrected chi connectivity index (χ2v) is 5.23. The number of hydrogen-bond acceptors (Lipinski definition) is 2. The van der Waals surface area contributed by atoms with Crippen molar-refractivity contribution in [2.45, 2.75) is 44.8 Å². The standard InChI is InChI=1S/C13H17BrO2/c1-2-3-4-10-8-12(15)11-7-9(14)5-6-13(11)16-10/h5-7,10,12,15H,2-4,8H2,1H3/t10?,12-/m0/s1. The molecule has 1 aliphatic heterocycles. The number of aliphatic hydroxyl groups is 1. The molecule has 2 rings (SSSR count). The van der Waals surface area contributed by atoms with Gasteiger partial charge in [-0.05, 0) is 24.6 Å². The van der Waals surface area contributed by atoms with Gasteiger partial charge in [0.2, 0.25) is 0 Å². The van der Waals surface area contributed by atoms with E-state index in [1.807, 2.05) is 18.2 Å². The molecule has 1 aliphatic rings. The molecule has 0 saturated carbocycles. The van der Waals surface area contributed by atoms with Gasteiger partial charge in [0.25, 0.3) is 0 Å². The molecule has 1 N–H and O–H groups in total. The largest absolute Gasteiger partial charge is 0.490 e. The number of rotatable bonds is 3. The Bertz CT molecular complexity index is 365. The van der Waals surface area contributed by atoms with E-state index in [2.05, 4.69) is 22.9 Å². The molecule has 0 radical (unpaired) electrons. The van der Waals surface area contributed by atoms with Gasteiger partial charge in [0, 0.05) is 16.5 Å². The monoisotopic (exact) mass is 284 g/mol. The summed E-state index contributed by atoms with van der Waals surface area (Å²) in [6.45, 7) is 2.17. The zero-order valence-electron chi connectivity index (χ0n) is 9.45. The number of ether oxygens (including phenoxy) is 1. The topological polar surface area (TPSA) is 29.5 Å². The lowest BCUT2D eigenvalue weighted by Gasteiger charge is -2.29. The first kappa shape index (κ1) is 11.9. The summed E-state index contributed by atoms with van der Waals surface area (Å²) in [5, 5.41) is 10.1. The van der Waals surface area contributed by atoms with E-state index in [0.29, 0.717) is 6.42 Å². The zero-order chi connectivity index (χ0) is 11.5. The lowest BCUT2D eigenvalue weighted by Crippen LogP contribution is -2.25. The highest BCUT2D eigenvalue weighted by atomic mass is 79.9. The van der Waals surface area contributed by atoms with E-state index in [0.717, 1.165) is 28.6 Å². The maximum atomic E-state index is 10.1. The summed E-state index contributed by atoms with van der Waals surface area (Å²) < 4.78 is 6.87. The molecule has 88 valence electrons. The molecule has 3 heteroatoms. The first-order valence-corrected chi connectivity index (χ1v) is 6.64. The molecule has 0 spiro atoms. The summed E-state index contributed by atoms with van der Waals surface area (Å²) in [6.07, 6.45) is 3.85. The fourth-order valence-corrected chi connectivity index (χ4v) is 2.48. The predicted octanol–water partition coefficient (Wildman–Crippen LogP) is 3.82. The first-order valence-electron chi connectivity index (χ1n) is 5.85. The van der Waals surface area contributed by atoms with Gasteiger partial charge in [-0.2, -0.15) is 0 Å². The van der Waals surface area contributed by atoms with Crippen LogP contribution < -0.4 is 4.74 Å². The van der Waals surface area contributed by atoms with Gasteiger partial charge >= 0.3 is 0 Å². The maximum Gasteiger partial charge on any atom is 0.125 e. The second-order valence-electron chi connectivity index (χ2n) is 4.32. The van der Waals surface area contributed by atoms with Gasteiger partial charge < -0.3 is 9.84 Å². The molecule has 2 nitrogen and oxygen atoms in total. The summed E-state index contributed by atoms with van der Waals surface area (Å²) in [6, 6.07) is 5.82. The number of aliphatic hydroxyl groups excluding tert-OH is 1. The minimum absolute atomic E-state index is 0.170. The zero-order valence-corrected chi connectivity index (χ0v) is 11.0. The third kappa shape index (κ3) is 2.58. The van der Waals surface area contributed by atoms with Crippen LogP contribution in [0.5, 0.6) is 5.75 Å². The van der Waals surface area contributed by atoms with Crippen molar-refractivity contribution in [3.63, 3.8) is 0 Å². The summed E-state index contributed by atoms with van der Waals surface area (Å²) in [4.78, 5) is 0. The lowest BCUT2D eigenvalue weighted by atomic mass is 9.96. The van der Waals surface area contributed by atoms with Crippen molar-refractivity contribution < 1.29 is 9.84 Å². The minimum Gasteiger partial charge on any atom is -0.490 e. The Morgan fingerprint density at radius 1 is 1.50 bits per heavy atom. The van der Waals surface area contributed by atoms with E-state index >= 15 is 0 Å². The van der Waals surface area contributed by atoms with E-state index in [1.54, 1.807) is 0 Å². The van der Waals surface area contributed by atoms with Crippen LogP contribution in [0.25, 0.3) is 0 Å². The van der Waals surface area contributed by atoms with Gasteiger partial charge in [0.15, 0.2) is 0 Å². The average Bonchev–Trinajstić information content (AvgIpc) is 2.27. The van der Waals surface area contributed by atoms with E-state index in [9.17, 15) is 5.11 Å². The Kier molecular flexibility index (Phi) is 3.87. The SMILES string of the molecule is CCCCC1C[C@H](O)c2cc(Br)ccc2O1. The van der Waals surface area contributed by atoms with Gasteiger partial charge in [-0.15, -0.1) is 0 Å². The van der Waals surface area contributed by atoms with Gasteiger partial charge in [-0.25, -0.2) is 0 Å². The molecule has 0 aromatic heterocycles. The van der Waals surface area contributed by atoms with Crippen LogP contribution in [0, 0.1) is 0 Å². The number of fused-ring (bicyclic) bond motifs is 1. The third-order valence-corrected chi connectivity index (χ3v) is 3.48. The molecule has 16 heavy (non-hydrogen) atoms. The van der Waals surface area contributed by atoms with Crippen molar-refractivity contribution in [1.29, 1.82) is 0 Å². The van der Waals surface area contributed by atoms with Crippen molar-refractivity contribution in [3.8, 4) is 5.75 Å². The summed E-state index contributed by atoms with van der Waals surface area (Å²) in [5.41, 5.74) is 0.905. The Morgan fingerprint density at radius 2 is 2.31 bits per heavy atom. The fraction of sp³-hybridized carbons (Fsp3) is 0.538. The van der Waals surface area contributed by atoms with E-state index in [-0.39, 0.29) is 12.2 Å². The van der Waals surface area contributed by atoms with Gasteiger partial charge in [0.1, 0.15) is 11.9 Å². The van der Waals surface area contributed by atoms with Crippen LogP contribution in [0.2, 0.25) is 0 Å². The van der Waals surface area contributed by atoms with Crippen LogP contribution in [-0.4, -0.2) is 11.2 Å². The number of unbranched alkanes of at least 4 members (excludes halogenated alkanes) is 1. The first-order chi connectivity index (χ1) is 7.70. The normalized spacial score (nSPS) is 23.7. The minimum atomic E-state index is -0.386.